The first kappa shape index (κ1) is 22.0. The van der Waals surface area contributed by atoms with Crippen LogP contribution in [-0.2, 0) is 11.2 Å². The highest BCUT2D eigenvalue weighted by Gasteiger charge is 2.42. The summed E-state index contributed by atoms with van der Waals surface area (Å²) in [5, 5.41) is 3.41. The van der Waals surface area contributed by atoms with E-state index in [4.69, 9.17) is 14.1 Å². The number of ether oxygens (including phenoxy) is 1. The first-order valence-corrected chi connectivity index (χ1v) is 9.99. The lowest BCUT2D eigenvalue weighted by Gasteiger charge is -2.24. The fourth-order valence-corrected chi connectivity index (χ4v) is 3.94. The number of hydrogen-bond acceptors (Lipinski definition) is 4. The van der Waals surface area contributed by atoms with E-state index >= 15 is 0 Å². The van der Waals surface area contributed by atoms with E-state index in [1.165, 1.54) is 18.6 Å². The molecule has 1 aromatic carbocycles. The second-order valence-electron chi connectivity index (χ2n) is 7.61. The van der Waals surface area contributed by atoms with Crippen molar-refractivity contribution in [3.8, 4) is 11.5 Å². The van der Waals surface area contributed by atoms with Gasteiger partial charge in [0.25, 0.3) is 0 Å². The number of likely N-dealkylation sites (tertiary alicyclic amines) is 1. The molecule has 3 heterocycles. The number of hydrogen-bond donors (Lipinski definition) is 1. The Morgan fingerprint density at radius 2 is 2.14 bits per heavy atom. The maximum atomic E-state index is 13.1. The zero-order chi connectivity index (χ0) is 19.4. The number of aromatic nitrogens is 1. The van der Waals surface area contributed by atoms with Crippen LogP contribution < -0.4 is 5.32 Å². The van der Waals surface area contributed by atoms with Crippen LogP contribution in [0.1, 0.15) is 25.5 Å². The fourth-order valence-electron chi connectivity index (χ4n) is 3.94. The van der Waals surface area contributed by atoms with Crippen LogP contribution in [0.25, 0.3) is 11.5 Å². The highest BCUT2D eigenvalue weighted by Crippen LogP contribution is 2.38. The molecule has 1 unspecified atom stereocenters. The molecule has 0 saturated carbocycles. The second kappa shape index (κ2) is 9.88. The summed E-state index contributed by atoms with van der Waals surface area (Å²) in [7, 11) is 0. The maximum absolute atomic E-state index is 13.1. The molecule has 0 amide bonds. The van der Waals surface area contributed by atoms with Crippen molar-refractivity contribution in [2.24, 2.45) is 10.4 Å². The third-order valence-electron chi connectivity index (χ3n) is 5.53. The highest BCUT2D eigenvalue weighted by atomic mass is 127. The average Bonchev–Trinajstić information content (AvgIpc) is 3.45. The quantitative estimate of drug-likeness (QED) is 0.375. The third-order valence-corrected chi connectivity index (χ3v) is 5.53. The highest BCUT2D eigenvalue weighted by molar-refractivity contribution is 14.0. The van der Waals surface area contributed by atoms with Gasteiger partial charge in [-0.15, -0.1) is 24.0 Å². The van der Waals surface area contributed by atoms with E-state index in [-0.39, 0.29) is 29.8 Å². The predicted molar refractivity (Wildman–Crippen MR) is 121 cm³/mol. The van der Waals surface area contributed by atoms with Crippen molar-refractivity contribution in [2.75, 3.05) is 39.4 Å². The van der Waals surface area contributed by atoms with E-state index in [9.17, 15) is 4.39 Å². The number of nitrogens with zero attached hydrogens (tertiary/aromatic N) is 3. The minimum absolute atomic E-state index is 0. The summed E-state index contributed by atoms with van der Waals surface area (Å²) in [6.45, 7) is 7.35. The summed E-state index contributed by atoms with van der Waals surface area (Å²) in [6, 6.07) is 6.15. The fraction of sp³-hybridized carbons (Fsp3) is 0.524. The summed E-state index contributed by atoms with van der Waals surface area (Å²) in [6.07, 6.45) is 4.67. The van der Waals surface area contributed by atoms with Crippen molar-refractivity contribution in [3.05, 3.63) is 42.0 Å². The van der Waals surface area contributed by atoms with E-state index in [0.29, 0.717) is 24.3 Å². The first-order valence-electron chi connectivity index (χ1n) is 9.99. The molecule has 158 valence electrons. The zero-order valence-corrected chi connectivity index (χ0v) is 19.0. The Morgan fingerprint density at radius 3 is 2.86 bits per heavy atom. The number of aliphatic imine (C=N–C) groups is 1. The Labute approximate surface area is 187 Å². The number of oxazole rings is 1. The zero-order valence-electron chi connectivity index (χ0n) is 16.7. The van der Waals surface area contributed by atoms with Crippen molar-refractivity contribution < 1.29 is 13.5 Å². The standard InChI is InChI=1S/C21H27FN4O2.HI/c1-2-23-20(26-11-8-21(14-26)9-12-27-15-21)24-10-7-18-13-28-19(25-18)16-3-5-17(22)6-4-16;/h3-6,13H,2,7-12,14-15H2,1H3,(H,23,24);1H. The minimum Gasteiger partial charge on any atom is -0.444 e. The largest absolute Gasteiger partial charge is 0.444 e. The molecule has 1 aromatic heterocycles. The van der Waals surface area contributed by atoms with E-state index in [0.717, 1.165) is 56.5 Å². The molecule has 0 aliphatic carbocycles. The van der Waals surface area contributed by atoms with Crippen LogP contribution in [0.2, 0.25) is 0 Å². The number of rotatable bonds is 5. The molecule has 1 atom stereocenters. The topological polar surface area (TPSA) is 62.9 Å². The normalized spacial score (nSPS) is 21.6. The summed E-state index contributed by atoms with van der Waals surface area (Å²) >= 11 is 0. The summed E-state index contributed by atoms with van der Waals surface area (Å²) < 4.78 is 24.2. The van der Waals surface area contributed by atoms with Gasteiger partial charge in [0.2, 0.25) is 5.89 Å². The van der Waals surface area contributed by atoms with E-state index in [1.807, 2.05) is 0 Å². The average molecular weight is 514 g/mol. The Morgan fingerprint density at radius 1 is 1.31 bits per heavy atom. The van der Waals surface area contributed by atoms with Gasteiger partial charge in [0, 0.05) is 50.2 Å². The molecule has 0 radical (unpaired) electrons. The van der Waals surface area contributed by atoms with Crippen LogP contribution in [0.4, 0.5) is 4.39 Å². The lowest BCUT2D eigenvalue weighted by atomic mass is 9.87. The van der Waals surface area contributed by atoms with Gasteiger partial charge in [0.15, 0.2) is 5.96 Å². The van der Waals surface area contributed by atoms with E-state index < -0.39 is 0 Å². The molecule has 0 bridgehead atoms. The predicted octanol–water partition coefficient (Wildman–Crippen LogP) is 3.72. The third kappa shape index (κ3) is 5.28. The lowest BCUT2D eigenvalue weighted by Crippen LogP contribution is -2.41. The van der Waals surface area contributed by atoms with Gasteiger partial charge in [-0.05, 0) is 44.0 Å². The maximum Gasteiger partial charge on any atom is 0.226 e. The van der Waals surface area contributed by atoms with Crippen LogP contribution in [0.5, 0.6) is 0 Å². The van der Waals surface area contributed by atoms with Crippen molar-refractivity contribution in [2.45, 2.75) is 26.2 Å². The molecule has 6 nitrogen and oxygen atoms in total. The van der Waals surface area contributed by atoms with Crippen LogP contribution >= 0.6 is 24.0 Å². The molecule has 8 heteroatoms. The van der Waals surface area contributed by atoms with Crippen LogP contribution in [-0.4, -0.2) is 55.2 Å². The summed E-state index contributed by atoms with van der Waals surface area (Å²) in [5.74, 6) is 1.20. The molecule has 4 rings (SSSR count). The first-order chi connectivity index (χ1) is 13.7. The van der Waals surface area contributed by atoms with Gasteiger partial charge < -0.3 is 19.4 Å². The summed E-state index contributed by atoms with van der Waals surface area (Å²) in [4.78, 5) is 11.6. The van der Waals surface area contributed by atoms with Gasteiger partial charge in [-0.3, -0.25) is 4.99 Å². The van der Waals surface area contributed by atoms with Gasteiger partial charge in [0.1, 0.15) is 12.1 Å². The molecule has 2 saturated heterocycles. The lowest BCUT2D eigenvalue weighted by molar-refractivity contribution is 0.156. The van der Waals surface area contributed by atoms with Crippen LogP contribution in [0.15, 0.2) is 39.9 Å². The van der Waals surface area contributed by atoms with Crippen molar-refractivity contribution >= 4 is 29.9 Å². The summed E-state index contributed by atoms with van der Waals surface area (Å²) in [5.41, 5.74) is 1.93. The Hall–Kier alpha value is -1.68. The van der Waals surface area contributed by atoms with Gasteiger partial charge in [-0.1, -0.05) is 0 Å². The SMILES string of the molecule is CCNC(=NCCc1coc(-c2ccc(F)cc2)n1)N1CCC2(CCOC2)C1.I. The number of nitrogens with one attached hydrogen (secondary N) is 1. The Balaban J connectivity index is 0.00000240. The van der Waals surface area contributed by atoms with Crippen LogP contribution in [0.3, 0.4) is 0 Å². The Bertz CT molecular complexity index is 818. The molecule has 29 heavy (non-hydrogen) atoms. The van der Waals surface area contributed by atoms with Gasteiger partial charge in [0.05, 0.1) is 12.3 Å². The number of benzene rings is 1. The van der Waals surface area contributed by atoms with Gasteiger partial charge >= 0.3 is 0 Å². The van der Waals surface area contributed by atoms with Crippen molar-refractivity contribution in [3.63, 3.8) is 0 Å². The molecule has 2 fully saturated rings. The van der Waals surface area contributed by atoms with Gasteiger partial charge in [-0.25, -0.2) is 9.37 Å². The number of guanidine groups is 1. The molecule has 2 aliphatic heterocycles. The van der Waals surface area contributed by atoms with Crippen LogP contribution in [0, 0.1) is 11.2 Å². The molecule has 1 N–H and O–H groups in total. The number of halogens is 2. The van der Waals surface area contributed by atoms with E-state index in [2.05, 4.69) is 22.1 Å². The molecule has 2 aromatic rings. The van der Waals surface area contributed by atoms with E-state index in [1.54, 1.807) is 18.4 Å². The molecular weight excluding hydrogens is 486 g/mol. The van der Waals surface area contributed by atoms with Crippen molar-refractivity contribution in [1.82, 2.24) is 15.2 Å². The molecular formula is C21H28FIN4O2. The second-order valence-corrected chi connectivity index (χ2v) is 7.61. The molecule has 1 spiro atoms. The van der Waals surface area contributed by atoms with Gasteiger partial charge in [-0.2, -0.15) is 0 Å². The smallest absolute Gasteiger partial charge is 0.226 e. The van der Waals surface area contributed by atoms with Crippen molar-refractivity contribution in [1.29, 1.82) is 0 Å². The minimum atomic E-state index is -0.270. The Kier molecular flexibility index (Phi) is 7.50. The molecule has 2 aliphatic rings. The monoisotopic (exact) mass is 514 g/mol.